The van der Waals surface area contributed by atoms with Crippen LogP contribution in [0.4, 0.5) is 4.39 Å². The fourth-order valence-corrected chi connectivity index (χ4v) is 4.25. The molecule has 0 radical (unpaired) electrons. The Morgan fingerprint density at radius 1 is 1.16 bits per heavy atom. The molecule has 0 saturated heterocycles. The van der Waals surface area contributed by atoms with E-state index in [-0.39, 0.29) is 23.5 Å². The molecule has 6 nitrogen and oxygen atoms in total. The lowest BCUT2D eigenvalue weighted by Crippen LogP contribution is -2.30. The molecule has 0 saturated carbocycles. The van der Waals surface area contributed by atoms with Crippen LogP contribution in [0.15, 0.2) is 75.7 Å². The summed E-state index contributed by atoms with van der Waals surface area (Å²) in [6.45, 7) is 0. The van der Waals surface area contributed by atoms with E-state index in [1.807, 2.05) is 29.6 Å². The van der Waals surface area contributed by atoms with E-state index in [4.69, 9.17) is 9.15 Å². The van der Waals surface area contributed by atoms with Crippen LogP contribution < -0.4 is 10.1 Å². The number of aromatic nitrogens is 2. The van der Waals surface area contributed by atoms with Gasteiger partial charge >= 0.3 is 0 Å². The highest BCUT2D eigenvalue weighted by atomic mass is 32.2. The number of methoxy groups -OCH3 is 1. The summed E-state index contributed by atoms with van der Waals surface area (Å²) in [4.78, 5) is 13.6. The van der Waals surface area contributed by atoms with Crippen molar-refractivity contribution in [2.45, 2.75) is 11.3 Å². The summed E-state index contributed by atoms with van der Waals surface area (Å²) in [5.74, 6) is 0.689. The average Bonchev–Trinajstić information content (AvgIpc) is 3.49. The zero-order valence-electron chi connectivity index (χ0n) is 16.4. The molecule has 1 unspecified atom stereocenters. The first-order valence-electron chi connectivity index (χ1n) is 9.31. The number of amides is 1. The smallest absolute Gasteiger partial charge is 0.277 e. The summed E-state index contributed by atoms with van der Waals surface area (Å²) in [7, 11) is 1.60. The van der Waals surface area contributed by atoms with Crippen molar-refractivity contribution in [1.82, 2.24) is 15.5 Å². The van der Waals surface area contributed by atoms with Crippen LogP contribution in [0.1, 0.15) is 16.5 Å². The molecule has 2 aromatic carbocycles. The third kappa shape index (κ3) is 5.31. The van der Waals surface area contributed by atoms with Gasteiger partial charge in [0.1, 0.15) is 11.6 Å². The minimum atomic E-state index is -0.355. The number of rotatable bonds is 8. The van der Waals surface area contributed by atoms with Gasteiger partial charge in [-0.1, -0.05) is 30.0 Å². The standard InChI is InChI=1S/C22H18FN3O3S2/c1-28-17-10-6-15(7-11-17)21-25-26-22(29-21)31-13-19(27)24-20(18-3-2-12-30-18)14-4-8-16(23)9-5-14/h2-12,20H,13H2,1H3,(H,24,27). The number of nitrogens with zero attached hydrogens (tertiary/aromatic N) is 2. The van der Waals surface area contributed by atoms with Gasteiger partial charge in [-0.05, 0) is 53.4 Å². The molecule has 0 bridgehead atoms. The number of nitrogens with one attached hydrogen (secondary N) is 1. The van der Waals surface area contributed by atoms with E-state index in [2.05, 4.69) is 15.5 Å². The molecular formula is C22H18FN3O3S2. The van der Waals surface area contributed by atoms with Crippen LogP contribution in [-0.2, 0) is 4.79 Å². The second-order valence-electron chi connectivity index (χ2n) is 6.46. The molecule has 1 N–H and O–H groups in total. The van der Waals surface area contributed by atoms with Gasteiger partial charge in [0, 0.05) is 10.4 Å². The number of thiophene rings is 1. The van der Waals surface area contributed by atoms with Crippen LogP contribution in [-0.4, -0.2) is 29.0 Å². The molecule has 9 heteroatoms. The topological polar surface area (TPSA) is 77.2 Å². The molecule has 1 atom stereocenters. The van der Waals surface area contributed by atoms with E-state index in [1.165, 1.54) is 23.5 Å². The highest BCUT2D eigenvalue weighted by Gasteiger charge is 2.19. The van der Waals surface area contributed by atoms with Gasteiger partial charge in [-0.25, -0.2) is 4.39 Å². The predicted molar refractivity (Wildman–Crippen MR) is 118 cm³/mol. The molecule has 158 valence electrons. The van der Waals surface area contributed by atoms with Crippen molar-refractivity contribution in [3.8, 4) is 17.2 Å². The number of hydrogen-bond acceptors (Lipinski definition) is 7. The third-order valence-electron chi connectivity index (χ3n) is 4.41. The zero-order chi connectivity index (χ0) is 21.6. The Bertz CT molecular complexity index is 1130. The van der Waals surface area contributed by atoms with Gasteiger partial charge in [0.25, 0.3) is 5.22 Å². The van der Waals surface area contributed by atoms with Crippen molar-refractivity contribution < 1.29 is 18.3 Å². The second kappa shape index (κ2) is 9.76. The number of halogens is 1. The van der Waals surface area contributed by atoms with E-state index in [0.717, 1.165) is 33.5 Å². The summed E-state index contributed by atoms with van der Waals surface area (Å²) in [6.07, 6.45) is 0. The fraction of sp³-hybridized carbons (Fsp3) is 0.136. The summed E-state index contributed by atoms with van der Waals surface area (Å²) >= 11 is 2.68. The Morgan fingerprint density at radius 2 is 1.94 bits per heavy atom. The minimum absolute atomic E-state index is 0.104. The Labute approximate surface area is 186 Å². The zero-order valence-corrected chi connectivity index (χ0v) is 18.1. The van der Waals surface area contributed by atoms with Crippen molar-refractivity contribution in [3.63, 3.8) is 0 Å². The first-order chi connectivity index (χ1) is 15.1. The first-order valence-corrected chi connectivity index (χ1v) is 11.2. The van der Waals surface area contributed by atoms with Crippen molar-refractivity contribution in [3.05, 3.63) is 82.3 Å². The summed E-state index contributed by atoms with van der Waals surface area (Å²) in [5, 5.41) is 13.3. The Kier molecular flexibility index (Phi) is 6.63. The van der Waals surface area contributed by atoms with Crippen LogP contribution in [0.5, 0.6) is 5.75 Å². The number of ether oxygens (including phenoxy) is 1. The van der Waals surface area contributed by atoms with E-state index < -0.39 is 0 Å². The fourth-order valence-electron chi connectivity index (χ4n) is 2.88. The number of benzene rings is 2. The summed E-state index contributed by atoms with van der Waals surface area (Å²) in [5.41, 5.74) is 1.57. The van der Waals surface area contributed by atoms with Gasteiger partial charge in [-0.2, -0.15) is 0 Å². The lowest BCUT2D eigenvalue weighted by atomic mass is 10.1. The highest BCUT2D eigenvalue weighted by molar-refractivity contribution is 7.99. The number of carbonyl (C=O) groups is 1. The van der Waals surface area contributed by atoms with Crippen LogP contribution in [0, 0.1) is 5.82 Å². The summed E-state index contributed by atoms with van der Waals surface area (Å²) in [6, 6.07) is 16.9. The molecular weight excluding hydrogens is 437 g/mol. The van der Waals surface area contributed by atoms with Gasteiger partial charge in [0.05, 0.1) is 18.9 Å². The second-order valence-corrected chi connectivity index (χ2v) is 8.36. The maximum absolute atomic E-state index is 13.3. The molecule has 0 aliphatic heterocycles. The van der Waals surface area contributed by atoms with E-state index >= 15 is 0 Å². The van der Waals surface area contributed by atoms with Gasteiger partial charge in [-0.3, -0.25) is 4.79 Å². The number of thioether (sulfide) groups is 1. The van der Waals surface area contributed by atoms with Gasteiger partial charge in [0.15, 0.2) is 0 Å². The van der Waals surface area contributed by atoms with E-state index in [1.54, 1.807) is 31.4 Å². The minimum Gasteiger partial charge on any atom is -0.497 e. The van der Waals surface area contributed by atoms with Crippen molar-refractivity contribution >= 4 is 29.0 Å². The lowest BCUT2D eigenvalue weighted by molar-refractivity contribution is -0.119. The van der Waals surface area contributed by atoms with Crippen LogP contribution in [0.2, 0.25) is 0 Å². The Morgan fingerprint density at radius 3 is 2.61 bits per heavy atom. The average molecular weight is 456 g/mol. The molecule has 0 fully saturated rings. The summed E-state index contributed by atoms with van der Waals surface area (Å²) < 4.78 is 24.1. The monoisotopic (exact) mass is 455 g/mol. The Hall–Kier alpha value is -3.17. The molecule has 2 heterocycles. The molecule has 2 aromatic heterocycles. The molecule has 1 amide bonds. The largest absolute Gasteiger partial charge is 0.497 e. The molecule has 0 spiro atoms. The van der Waals surface area contributed by atoms with Crippen LogP contribution >= 0.6 is 23.1 Å². The van der Waals surface area contributed by atoms with E-state index in [0.29, 0.717) is 11.1 Å². The maximum atomic E-state index is 13.3. The van der Waals surface area contributed by atoms with Gasteiger partial charge in [0.2, 0.25) is 11.8 Å². The molecule has 0 aliphatic rings. The number of carbonyl (C=O) groups excluding carboxylic acids is 1. The normalized spacial score (nSPS) is 11.8. The Balaban J connectivity index is 1.39. The molecule has 4 rings (SSSR count). The molecule has 4 aromatic rings. The maximum Gasteiger partial charge on any atom is 0.277 e. The van der Waals surface area contributed by atoms with Crippen LogP contribution in [0.25, 0.3) is 11.5 Å². The molecule has 31 heavy (non-hydrogen) atoms. The predicted octanol–water partition coefficient (Wildman–Crippen LogP) is 4.94. The SMILES string of the molecule is COc1ccc(-c2nnc(SCC(=O)NC(c3ccc(F)cc3)c3cccs3)o2)cc1. The van der Waals surface area contributed by atoms with Crippen molar-refractivity contribution in [2.24, 2.45) is 0 Å². The molecule has 0 aliphatic carbocycles. The number of hydrogen-bond donors (Lipinski definition) is 1. The van der Waals surface area contributed by atoms with Crippen LogP contribution in [0.3, 0.4) is 0 Å². The van der Waals surface area contributed by atoms with Gasteiger partial charge in [-0.15, -0.1) is 21.5 Å². The van der Waals surface area contributed by atoms with Crippen molar-refractivity contribution in [1.29, 1.82) is 0 Å². The van der Waals surface area contributed by atoms with E-state index in [9.17, 15) is 9.18 Å². The third-order valence-corrected chi connectivity index (χ3v) is 6.16. The van der Waals surface area contributed by atoms with Crippen molar-refractivity contribution in [2.75, 3.05) is 12.9 Å². The quantitative estimate of drug-likeness (QED) is 0.379. The first kappa shape index (κ1) is 21.1. The van der Waals surface area contributed by atoms with Gasteiger partial charge < -0.3 is 14.5 Å². The highest BCUT2D eigenvalue weighted by Crippen LogP contribution is 2.28. The lowest BCUT2D eigenvalue weighted by Gasteiger charge is -2.18.